The molecule has 1 aliphatic rings. The van der Waals surface area contributed by atoms with E-state index in [0.29, 0.717) is 17.3 Å². The molecule has 0 radical (unpaired) electrons. The average molecular weight is 405 g/mol. The molecule has 1 amide bonds. The quantitative estimate of drug-likeness (QED) is 0.479. The Balaban J connectivity index is 1.44. The number of nitrogens with two attached hydrogens (primary N) is 1. The third-order valence-corrected chi connectivity index (χ3v) is 5.87. The lowest BCUT2D eigenvalue weighted by Crippen LogP contribution is -2.38. The topological polar surface area (TPSA) is 123 Å². The van der Waals surface area contributed by atoms with Gasteiger partial charge in [-0.3, -0.25) is 4.79 Å². The van der Waals surface area contributed by atoms with Crippen LogP contribution in [0.3, 0.4) is 0 Å². The number of carbonyl (C=O) groups is 1. The number of nitrogens with one attached hydrogen (secondary N) is 2. The summed E-state index contributed by atoms with van der Waals surface area (Å²) in [5, 5.41) is 8.37. The normalized spacial score (nSPS) is 19.4. The second-order valence-electron chi connectivity index (χ2n) is 7.68. The van der Waals surface area contributed by atoms with Gasteiger partial charge in [-0.05, 0) is 43.4 Å². The minimum absolute atomic E-state index is 0.0990. The van der Waals surface area contributed by atoms with Gasteiger partial charge in [0, 0.05) is 42.7 Å². The number of carbonyl (C=O) groups excluding carboxylic acids is 1. The molecule has 30 heavy (non-hydrogen) atoms. The molecule has 0 aromatic carbocycles. The number of hydrogen-bond acceptors (Lipinski definition) is 6. The molecule has 0 spiro atoms. The highest BCUT2D eigenvalue weighted by atomic mass is 16.5. The molecule has 4 aromatic rings. The maximum atomic E-state index is 13.0. The Morgan fingerprint density at radius 3 is 2.93 bits per heavy atom. The predicted molar refractivity (Wildman–Crippen MR) is 113 cm³/mol. The fraction of sp³-hybridized carbons (Fsp3) is 0.333. The number of ether oxygens (including phenoxy) is 1. The first-order valence-corrected chi connectivity index (χ1v) is 10.0. The average Bonchev–Trinajstić information content (AvgIpc) is 3.37. The number of anilines is 1. The number of nitrogen functional groups attached to an aromatic ring is 1. The zero-order valence-electron chi connectivity index (χ0n) is 16.6. The van der Waals surface area contributed by atoms with Crippen LogP contribution in [0, 0.1) is 0 Å². The summed E-state index contributed by atoms with van der Waals surface area (Å²) in [4.78, 5) is 24.4. The second kappa shape index (κ2) is 7.42. The number of aromatic nitrogens is 5. The van der Waals surface area contributed by atoms with Crippen molar-refractivity contribution in [2.45, 2.75) is 37.8 Å². The Bertz CT molecular complexity index is 1220. The lowest BCUT2D eigenvalue weighted by molar-refractivity contribution is 0.0599. The highest BCUT2D eigenvalue weighted by molar-refractivity contribution is 6.02. The standard InChI is InChI=1S/C21H23N7O2/c1-30-14-4-2-13(3-5-14)26-20(29)17-11-25-28-7-6-12(8-18(17)28)15-9-23-19-16(15)10-24-21(22)27-19/h6-11,13-14H,2-5H2,1H3,(H,26,29)(H3,22,23,24,27). The number of H-pyrrole nitrogens is 1. The van der Waals surface area contributed by atoms with Gasteiger partial charge in [-0.25, -0.2) is 9.50 Å². The molecule has 4 N–H and O–H groups in total. The van der Waals surface area contributed by atoms with Gasteiger partial charge in [0.25, 0.3) is 5.91 Å². The van der Waals surface area contributed by atoms with E-state index in [-0.39, 0.29) is 17.9 Å². The molecule has 0 unspecified atom stereocenters. The number of amides is 1. The molecule has 154 valence electrons. The number of methoxy groups -OCH3 is 1. The van der Waals surface area contributed by atoms with Crippen LogP contribution in [0.1, 0.15) is 36.0 Å². The summed E-state index contributed by atoms with van der Waals surface area (Å²) < 4.78 is 7.13. The molecule has 5 rings (SSSR count). The van der Waals surface area contributed by atoms with E-state index in [2.05, 4.69) is 25.4 Å². The maximum absolute atomic E-state index is 13.0. The number of fused-ring (bicyclic) bond motifs is 2. The number of rotatable bonds is 4. The van der Waals surface area contributed by atoms with Crippen molar-refractivity contribution in [1.82, 2.24) is 29.9 Å². The first kappa shape index (κ1) is 18.6. The SMILES string of the molecule is COC1CCC(NC(=O)c2cnn3ccc(-c4c[nH]c5nc(N)ncc45)cc23)CC1. The number of aromatic amines is 1. The highest BCUT2D eigenvalue weighted by Gasteiger charge is 2.24. The molecule has 0 atom stereocenters. The lowest BCUT2D eigenvalue weighted by atomic mass is 9.93. The molecule has 1 aliphatic carbocycles. The summed E-state index contributed by atoms with van der Waals surface area (Å²) in [5.74, 6) is 0.124. The summed E-state index contributed by atoms with van der Waals surface area (Å²) in [6.45, 7) is 0. The Hall–Kier alpha value is -3.46. The van der Waals surface area contributed by atoms with E-state index in [1.165, 1.54) is 0 Å². The minimum atomic E-state index is -0.0990. The third-order valence-electron chi connectivity index (χ3n) is 5.87. The summed E-state index contributed by atoms with van der Waals surface area (Å²) in [5.41, 5.74) is 9.55. The Labute approximate surface area is 172 Å². The van der Waals surface area contributed by atoms with Crippen molar-refractivity contribution in [3.63, 3.8) is 0 Å². The molecule has 1 fully saturated rings. The third kappa shape index (κ3) is 3.26. The zero-order valence-corrected chi connectivity index (χ0v) is 16.6. The van der Waals surface area contributed by atoms with E-state index >= 15 is 0 Å². The summed E-state index contributed by atoms with van der Waals surface area (Å²) in [6.07, 6.45) is 11.1. The highest BCUT2D eigenvalue weighted by Crippen LogP contribution is 2.29. The first-order chi connectivity index (χ1) is 14.6. The van der Waals surface area contributed by atoms with Crippen LogP contribution in [0.2, 0.25) is 0 Å². The number of hydrogen-bond donors (Lipinski definition) is 3. The van der Waals surface area contributed by atoms with Gasteiger partial charge in [0.15, 0.2) is 0 Å². The molecular formula is C21H23N7O2. The van der Waals surface area contributed by atoms with Crippen LogP contribution < -0.4 is 11.1 Å². The molecule has 0 bridgehead atoms. The molecule has 0 saturated heterocycles. The molecule has 9 nitrogen and oxygen atoms in total. The van der Waals surface area contributed by atoms with Crippen molar-refractivity contribution in [3.05, 3.63) is 42.5 Å². The van der Waals surface area contributed by atoms with Gasteiger partial charge in [-0.2, -0.15) is 10.1 Å². The molecule has 9 heteroatoms. The number of pyridine rings is 1. The van der Waals surface area contributed by atoms with E-state index < -0.39 is 0 Å². The van der Waals surface area contributed by atoms with Crippen molar-refractivity contribution < 1.29 is 9.53 Å². The summed E-state index contributed by atoms with van der Waals surface area (Å²) in [6, 6.07) is 4.08. The van der Waals surface area contributed by atoms with E-state index in [0.717, 1.165) is 47.7 Å². The van der Waals surface area contributed by atoms with Crippen LogP contribution in [0.5, 0.6) is 0 Å². The molecule has 0 aliphatic heterocycles. The lowest BCUT2D eigenvalue weighted by Gasteiger charge is -2.28. The van der Waals surface area contributed by atoms with Gasteiger partial charge in [0.05, 0.1) is 23.4 Å². The second-order valence-corrected chi connectivity index (χ2v) is 7.68. The van der Waals surface area contributed by atoms with E-state index in [9.17, 15) is 4.79 Å². The zero-order chi connectivity index (χ0) is 20.7. The first-order valence-electron chi connectivity index (χ1n) is 10.0. The van der Waals surface area contributed by atoms with Crippen LogP contribution in [-0.2, 0) is 4.74 Å². The van der Waals surface area contributed by atoms with Crippen molar-refractivity contribution in [1.29, 1.82) is 0 Å². The molecular weight excluding hydrogens is 382 g/mol. The van der Waals surface area contributed by atoms with Crippen molar-refractivity contribution >= 4 is 28.4 Å². The van der Waals surface area contributed by atoms with E-state index in [1.807, 2.05) is 24.5 Å². The molecule has 4 heterocycles. The Morgan fingerprint density at radius 2 is 2.13 bits per heavy atom. The van der Waals surface area contributed by atoms with Gasteiger partial charge in [-0.15, -0.1) is 0 Å². The predicted octanol–water partition coefficient (Wildman–Crippen LogP) is 2.54. The fourth-order valence-corrected chi connectivity index (χ4v) is 4.19. The number of nitrogens with zero attached hydrogens (tertiary/aromatic N) is 4. The van der Waals surface area contributed by atoms with Gasteiger partial charge >= 0.3 is 0 Å². The van der Waals surface area contributed by atoms with Crippen LogP contribution in [-0.4, -0.2) is 49.7 Å². The Kier molecular flexibility index (Phi) is 4.59. The van der Waals surface area contributed by atoms with Crippen LogP contribution in [0.15, 0.2) is 36.9 Å². The summed E-state index contributed by atoms with van der Waals surface area (Å²) in [7, 11) is 1.74. The minimum Gasteiger partial charge on any atom is -0.381 e. The van der Waals surface area contributed by atoms with Gasteiger partial charge in [0.1, 0.15) is 5.65 Å². The Morgan fingerprint density at radius 1 is 1.30 bits per heavy atom. The van der Waals surface area contributed by atoms with Crippen molar-refractivity contribution in [2.75, 3.05) is 12.8 Å². The van der Waals surface area contributed by atoms with Gasteiger partial charge in [0.2, 0.25) is 5.95 Å². The van der Waals surface area contributed by atoms with Crippen LogP contribution >= 0.6 is 0 Å². The van der Waals surface area contributed by atoms with Crippen molar-refractivity contribution in [2.24, 2.45) is 0 Å². The van der Waals surface area contributed by atoms with Gasteiger partial charge < -0.3 is 20.8 Å². The summed E-state index contributed by atoms with van der Waals surface area (Å²) >= 11 is 0. The molecule has 1 saturated carbocycles. The maximum Gasteiger partial charge on any atom is 0.255 e. The smallest absolute Gasteiger partial charge is 0.255 e. The van der Waals surface area contributed by atoms with Gasteiger partial charge in [-0.1, -0.05) is 0 Å². The van der Waals surface area contributed by atoms with E-state index in [1.54, 1.807) is 24.0 Å². The molecule has 4 aromatic heterocycles. The monoisotopic (exact) mass is 405 g/mol. The largest absolute Gasteiger partial charge is 0.381 e. The van der Waals surface area contributed by atoms with Crippen LogP contribution in [0.25, 0.3) is 27.7 Å². The fourth-order valence-electron chi connectivity index (χ4n) is 4.19. The van der Waals surface area contributed by atoms with Crippen LogP contribution in [0.4, 0.5) is 5.95 Å². The van der Waals surface area contributed by atoms with E-state index in [4.69, 9.17) is 10.5 Å². The van der Waals surface area contributed by atoms with Crippen molar-refractivity contribution in [3.8, 4) is 11.1 Å².